The quantitative estimate of drug-likeness (QED) is 0.599. The van der Waals surface area contributed by atoms with E-state index in [9.17, 15) is 14.3 Å². The van der Waals surface area contributed by atoms with Crippen molar-refractivity contribution in [2.45, 2.75) is 50.6 Å². The van der Waals surface area contributed by atoms with Gasteiger partial charge in [0.2, 0.25) is 0 Å². The number of aryl methyl sites for hydroxylation is 1. The van der Waals surface area contributed by atoms with Crippen molar-refractivity contribution in [2.24, 2.45) is 0 Å². The lowest BCUT2D eigenvalue weighted by atomic mass is 9.97. The molecule has 2 aromatic rings. The molecule has 2 amide bonds. The average molecular weight is 420 g/mol. The minimum Gasteiger partial charge on any atom is -0.394 e. The molecule has 1 aromatic carbocycles. The third-order valence-corrected chi connectivity index (χ3v) is 4.98. The molecule has 2 heterocycles. The highest BCUT2D eigenvalue weighted by Crippen LogP contribution is 2.23. The van der Waals surface area contributed by atoms with E-state index in [1.54, 1.807) is 16.8 Å². The predicted molar refractivity (Wildman–Crippen MR) is 109 cm³/mol. The summed E-state index contributed by atoms with van der Waals surface area (Å²) in [5, 5.41) is 23.3. The van der Waals surface area contributed by atoms with E-state index in [2.05, 4.69) is 20.9 Å². The molecule has 0 bridgehead atoms. The first-order chi connectivity index (χ1) is 14.4. The number of ether oxygens (including phenoxy) is 1. The van der Waals surface area contributed by atoms with E-state index >= 15 is 0 Å². The van der Waals surface area contributed by atoms with Gasteiger partial charge >= 0.3 is 6.03 Å². The van der Waals surface area contributed by atoms with E-state index in [4.69, 9.17) is 4.74 Å². The maximum absolute atomic E-state index is 13.7. The van der Waals surface area contributed by atoms with Gasteiger partial charge in [-0.3, -0.25) is 4.68 Å². The smallest absolute Gasteiger partial charge is 0.319 e. The number of rotatable bonds is 8. The Balaban J connectivity index is 1.46. The minimum atomic E-state index is -0.526. The van der Waals surface area contributed by atoms with E-state index in [0.29, 0.717) is 13.0 Å². The Morgan fingerprint density at radius 1 is 1.37 bits per heavy atom. The second-order valence-corrected chi connectivity index (χ2v) is 7.74. The number of benzene rings is 1. The number of halogens is 1. The molecule has 30 heavy (non-hydrogen) atoms. The summed E-state index contributed by atoms with van der Waals surface area (Å²) in [4.78, 5) is 14.2. The Morgan fingerprint density at radius 3 is 2.90 bits per heavy atom. The topological polar surface area (TPSA) is 105 Å². The Bertz CT molecular complexity index is 830. The zero-order valence-electron chi connectivity index (χ0n) is 17.3. The highest BCUT2D eigenvalue weighted by atomic mass is 19.1. The summed E-state index contributed by atoms with van der Waals surface area (Å²) in [5.41, 5.74) is 1.01. The van der Waals surface area contributed by atoms with Crippen molar-refractivity contribution in [3.63, 3.8) is 0 Å². The van der Waals surface area contributed by atoms with Crippen molar-refractivity contribution < 1.29 is 19.0 Å². The number of amides is 2. The molecular weight excluding hydrogens is 391 g/mol. The fourth-order valence-corrected chi connectivity index (χ4v) is 3.52. The van der Waals surface area contributed by atoms with Crippen LogP contribution < -0.4 is 10.6 Å². The van der Waals surface area contributed by atoms with Crippen LogP contribution in [0.25, 0.3) is 0 Å². The van der Waals surface area contributed by atoms with Gasteiger partial charge in [0, 0.05) is 19.3 Å². The highest BCUT2D eigenvalue weighted by Gasteiger charge is 2.32. The molecule has 9 nitrogen and oxygen atoms in total. The summed E-state index contributed by atoms with van der Waals surface area (Å²) in [6.45, 7) is 1.18. The third kappa shape index (κ3) is 6.22. The van der Waals surface area contributed by atoms with Crippen LogP contribution in [0.4, 0.5) is 14.9 Å². The first kappa shape index (κ1) is 22.1. The van der Waals surface area contributed by atoms with Gasteiger partial charge in [-0.2, -0.15) is 0 Å². The van der Waals surface area contributed by atoms with Crippen molar-refractivity contribution in [2.75, 3.05) is 26.0 Å². The number of anilines is 1. The lowest BCUT2D eigenvalue weighted by molar-refractivity contribution is -0.0905. The number of hydrogen-bond acceptors (Lipinski definition) is 6. The van der Waals surface area contributed by atoms with Crippen LogP contribution in [0.1, 0.15) is 25.0 Å². The number of nitrogens with zero attached hydrogens (tertiary/aromatic N) is 4. The molecule has 0 aliphatic carbocycles. The molecule has 0 spiro atoms. The van der Waals surface area contributed by atoms with Gasteiger partial charge in [0.15, 0.2) is 0 Å². The molecule has 1 aliphatic rings. The maximum atomic E-state index is 13.7. The molecule has 1 aliphatic heterocycles. The molecule has 0 saturated carbocycles. The summed E-state index contributed by atoms with van der Waals surface area (Å²) in [7, 11) is 3.95. The van der Waals surface area contributed by atoms with Gasteiger partial charge in [0.25, 0.3) is 0 Å². The Labute approximate surface area is 175 Å². The van der Waals surface area contributed by atoms with Crippen LogP contribution in [0.15, 0.2) is 30.5 Å². The van der Waals surface area contributed by atoms with Crippen molar-refractivity contribution in [1.29, 1.82) is 0 Å². The van der Waals surface area contributed by atoms with Gasteiger partial charge in [-0.25, -0.2) is 9.18 Å². The number of aliphatic hydroxyl groups is 1. The van der Waals surface area contributed by atoms with Crippen LogP contribution in [0.2, 0.25) is 0 Å². The van der Waals surface area contributed by atoms with Gasteiger partial charge in [0.1, 0.15) is 11.9 Å². The lowest BCUT2D eigenvalue weighted by Gasteiger charge is -2.36. The molecule has 1 fully saturated rings. The van der Waals surface area contributed by atoms with E-state index in [0.717, 1.165) is 25.1 Å². The number of urea groups is 1. The number of aliphatic hydroxyl groups excluding tert-OH is 1. The average Bonchev–Trinajstić information content (AvgIpc) is 3.15. The van der Waals surface area contributed by atoms with Crippen molar-refractivity contribution in [1.82, 2.24) is 25.2 Å². The predicted octanol–water partition coefficient (Wildman–Crippen LogP) is 1.60. The van der Waals surface area contributed by atoms with Gasteiger partial charge in [-0.1, -0.05) is 17.3 Å². The summed E-state index contributed by atoms with van der Waals surface area (Å²) >= 11 is 0. The second-order valence-electron chi connectivity index (χ2n) is 7.74. The van der Waals surface area contributed by atoms with Gasteiger partial charge < -0.3 is 25.4 Å². The number of para-hydroxylation sites is 1. The van der Waals surface area contributed by atoms with E-state index in [-0.39, 0.29) is 24.4 Å². The number of carbonyl (C=O) groups is 1. The van der Waals surface area contributed by atoms with Crippen LogP contribution in [-0.4, -0.2) is 70.0 Å². The van der Waals surface area contributed by atoms with Crippen LogP contribution >= 0.6 is 0 Å². The van der Waals surface area contributed by atoms with E-state index < -0.39 is 18.0 Å². The Kier molecular flexibility index (Phi) is 7.72. The fourth-order valence-electron chi connectivity index (χ4n) is 3.52. The van der Waals surface area contributed by atoms with E-state index in [1.165, 1.54) is 12.1 Å². The molecule has 10 heteroatoms. The molecular formula is C20H29FN6O3. The van der Waals surface area contributed by atoms with Crippen molar-refractivity contribution >= 4 is 11.7 Å². The monoisotopic (exact) mass is 420 g/mol. The Hall–Kier alpha value is -2.56. The van der Waals surface area contributed by atoms with Crippen LogP contribution in [-0.2, 0) is 17.8 Å². The third-order valence-electron chi connectivity index (χ3n) is 4.98. The summed E-state index contributed by atoms with van der Waals surface area (Å²) in [6.07, 6.45) is 3.48. The van der Waals surface area contributed by atoms with Crippen LogP contribution in [0.5, 0.6) is 0 Å². The maximum Gasteiger partial charge on any atom is 0.319 e. The highest BCUT2D eigenvalue weighted by molar-refractivity contribution is 5.89. The summed E-state index contributed by atoms with van der Waals surface area (Å²) in [5.74, 6) is -0.506. The standard InChI is InChI=1S/C20H29FN6O3/c1-26(2)11-14-12-27(25-24-14)10-9-15-7-8-18(19(13-28)30-15)23-20(29)22-17-6-4-3-5-16(17)21/h3-6,12,15,18-19,28H,7-11,13H2,1-2H3,(H2,22,23,29)/t15-,18-,19+/m0/s1. The molecule has 1 aromatic heterocycles. The second kappa shape index (κ2) is 10.5. The van der Waals surface area contributed by atoms with Gasteiger partial charge in [-0.05, 0) is 45.5 Å². The molecule has 1 saturated heterocycles. The molecule has 0 radical (unpaired) electrons. The summed E-state index contributed by atoms with van der Waals surface area (Å²) < 4.78 is 21.5. The molecule has 164 valence electrons. The van der Waals surface area contributed by atoms with Crippen molar-refractivity contribution in [3.8, 4) is 0 Å². The molecule has 3 atom stereocenters. The van der Waals surface area contributed by atoms with E-state index in [1.807, 2.05) is 25.2 Å². The lowest BCUT2D eigenvalue weighted by Crippen LogP contribution is -2.52. The normalized spacial score (nSPS) is 21.6. The first-order valence-corrected chi connectivity index (χ1v) is 10.1. The molecule has 3 rings (SSSR count). The van der Waals surface area contributed by atoms with Gasteiger partial charge in [-0.15, -0.1) is 5.10 Å². The number of aromatic nitrogens is 3. The molecule has 0 unspecified atom stereocenters. The zero-order valence-corrected chi connectivity index (χ0v) is 17.3. The Morgan fingerprint density at radius 2 is 2.17 bits per heavy atom. The van der Waals surface area contributed by atoms with Crippen LogP contribution in [0.3, 0.4) is 0 Å². The van der Waals surface area contributed by atoms with Gasteiger partial charge in [0.05, 0.1) is 30.1 Å². The largest absolute Gasteiger partial charge is 0.394 e. The fraction of sp³-hybridized carbons (Fsp3) is 0.550. The minimum absolute atomic E-state index is 0.0451. The number of carbonyl (C=O) groups excluding carboxylic acids is 1. The zero-order chi connectivity index (χ0) is 21.5. The summed E-state index contributed by atoms with van der Waals surface area (Å²) in [6, 6.07) is 5.08. The van der Waals surface area contributed by atoms with Crippen molar-refractivity contribution in [3.05, 3.63) is 42.0 Å². The SMILES string of the molecule is CN(C)Cc1cn(CC[C@@H]2CC[C@H](NC(=O)Nc3ccccc3F)[C@@H](CO)O2)nn1. The number of hydrogen-bond donors (Lipinski definition) is 3. The molecule has 3 N–H and O–H groups in total. The number of nitrogens with one attached hydrogen (secondary N) is 2. The van der Waals surface area contributed by atoms with Crippen LogP contribution in [0, 0.1) is 5.82 Å². The first-order valence-electron chi connectivity index (χ1n) is 10.1.